The molecular formula is C20H21N3O2. The van der Waals surface area contributed by atoms with Crippen LogP contribution in [-0.2, 0) is 4.79 Å². The Morgan fingerprint density at radius 2 is 1.72 bits per heavy atom. The molecule has 5 heteroatoms. The lowest BCUT2D eigenvalue weighted by molar-refractivity contribution is -0.118. The number of carbonyl (C=O) groups is 1. The molecule has 0 aliphatic carbocycles. The maximum atomic E-state index is 12.3. The zero-order valence-corrected chi connectivity index (χ0v) is 14.6. The number of hydrogen-bond donors (Lipinski definition) is 1. The predicted molar refractivity (Wildman–Crippen MR) is 98.3 cm³/mol. The van der Waals surface area contributed by atoms with Gasteiger partial charge in [-0.25, -0.2) is 4.68 Å². The van der Waals surface area contributed by atoms with Crippen LogP contribution in [0, 0.1) is 20.8 Å². The maximum Gasteiger partial charge on any atom is 0.262 e. The summed E-state index contributed by atoms with van der Waals surface area (Å²) in [4.78, 5) is 12.3. The van der Waals surface area contributed by atoms with E-state index < -0.39 is 0 Å². The van der Waals surface area contributed by atoms with Gasteiger partial charge < -0.3 is 10.1 Å². The highest BCUT2D eigenvalue weighted by Crippen LogP contribution is 2.23. The smallest absolute Gasteiger partial charge is 0.262 e. The largest absolute Gasteiger partial charge is 0.483 e. The molecule has 0 aliphatic heterocycles. The molecule has 0 spiro atoms. The van der Waals surface area contributed by atoms with Gasteiger partial charge in [0.05, 0.1) is 22.8 Å². The number of aromatic nitrogens is 2. The molecule has 1 aromatic heterocycles. The number of carbonyl (C=O) groups excluding carboxylic acids is 1. The fourth-order valence-electron chi connectivity index (χ4n) is 2.68. The van der Waals surface area contributed by atoms with E-state index in [1.54, 1.807) is 0 Å². The SMILES string of the molecule is Cc1ccccc1OCC(=O)Nc1c(C)nn(-c2ccccc2)c1C. The van der Waals surface area contributed by atoms with Crippen LogP contribution in [0.25, 0.3) is 5.69 Å². The van der Waals surface area contributed by atoms with Crippen molar-refractivity contribution in [2.24, 2.45) is 0 Å². The van der Waals surface area contributed by atoms with Gasteiger partial charge in [-0.3, -0.25) is 4.79 Å². The Labute approximate surface area is 147 Å². The summed E-state index contributed by atoms with van der Waals surface area (Å²) in [5.74, 6) is 0.508. The molecule has 0 fully saturated rings. The summed E-state index contributed by atoms with van der Waals surface area (Å²) < 4.78 is 7.43. The molecule has 0 aliphatic rings. The average molecular weight is 335 g/mol. The molecule has 3 aromatic rings. The molecule has 3 rings (SSSR count). The van der Waals surface area contributed by atoms with E-state index in [1.807, 2.05) is 80.1 Å². The number of anilines is 1. The standard InChI is InChI=1S/C20H21N3O2/c1-14-9-7-8-12-18(14)25-13-19(24)21-20-15(2)22-23(16(20)3)17-10-5-4-6-11-17/h4-12H,13H2,1-3H3,(H,21,24). The van der Waals surface area contributed by atoms with Gasteiger partial charge in [0.25, 0.3) is 5.91 Å². The van der Waals surface area contributed by atoms with E-state index in [1.165, 1.54) is 0 Å². The molecule has 128 valence electrons. The van der Waals surface area contributed by atoms with Gasteiger partial charge in [0, 0.05) is 0 Å². The Kier molecular flexibility index (Phi) is 4.84. The van der Waals surface area contributed by atoms with E-state index in [0.717, 1.165) is 28.3 Å². The van der Waals surface area contributed by atoms with Crippen molar-refractivity contribution in [3.8, 4) is 11.4 Å². The third-order valence-corrected chi connectivity index (χ3v) is 4.01. The number of nitrogens with one attached hydrogen (secondary N) is 1. The first kappa shape index (κ1) is 16.8. The molecule has 5 nitrogen and oxygen atoms in total. The predicted octanol–water partition coefficient (Wildman–Crippen LogP) is 3.82. The van der Waals surface area contributed by atoms with Crippen molar-refractivity contribution in [2.75, 3.05) is 11.9 Å². The maximum absolute atomic E-state index is 12.3. The highest BCUT2D eigenvalue weighted by Gasteiger charge is 2.15. The molecule has 0 saturated carbocycles. The number of aryl methyl sites for hydroxylation is 2. The van der Waals surface area contributed by atoms with Crippen LogP contribution in [-0.4, -0.2) is 22.3 Å². The van der Waals surface area contributed by atoms with Crippen molar-refractivity contribution in [2.45, 2.75) is 20.8 Å². The van der Waals surface area contributed by atoms with Crippen LogP contribution in [0.5, 0.6) is 5.75 Å². The Hall–Kier alpha value is -3.08. The number of hydrogen-bond acceptors (Lipinski definition) is 3. The van der Waals surface area contributed by atoms with Crippen molar-refractivity contribution in [1.29, 1.82) is 0 Å². The molecule has 1 heterocycles. The normalized spacial score (nSPS) is 10.5. The van der Waals surface area contributed by atoms with E-state index in [2.05, 4.69) is 10.4 Å². The Bertz CT molecular complexity index is 885. The molecule has 25 heavy (non-hydrogen) atoms. The second-order valence-corrected chi connectivity index (χ2v) is 5.90. The fourth-order valence-corrected chi connectivity index (χ4v) is 2.68. The van der Waals surface area contributed by atoms with Crippen molar-refractivity contribution >= 4 is 11.6 Å². The van der Waals surface area contributed by atoms with Gasteiger partial charge in [-0.05, 0) is 44.5 Å². The number of para-hydroxylation sites is 2. The summed E-state index contributed by atoms with van der Waals surface area (Å²) in [6.07, 6.45) is 0. The van der Waals surface area contributed by atoms with E-state index in [9.17, 15) is 4.79 Å². The zero-order valence-electron chi connectivity index (χ0n) is 14.6. The summed E-state index contributed by atoms with van der Waals surface area (Å²) in [6, 6.07) is 17.5. The van der Waals surface area contributed by atoms with Crippen LogP contribution in [0.3, 0.4) is 0 Å². The minimum atomic E-state index is -0.206. The first-order valence-corrected chi connectivity index (χ1v) is 8.16. The molecule has 1 N–H and O–H groups in total. The highest BCUT2D eigenvalue weighted by atomic mass is 16.5. The number of amides is 1. The lowest BCUT2D eigenvalue weighted by atomic mass is 10.2. The number of benzene rings is 2. The van der Waals surface area contributed by atoms with Gasteiger partial charge in [0.15, 0.2) is 6.61 Å². The van der Waals surface area contributed by atoms with Gasteiger partial charge in [-0.2, -0.15) is 5.10 Å². The topological polar surface area (TPSA) is 56.1 Å². The summed E-state index contributed by atoms with van der Waals surface area (Å²) in [5.41, 5.74) is 4.33. The van der Waals surface area contributed by atoms with E-state index in [0.29, 0.717) is 5.75 Å². The molecule has 0 radical (unpaired) electrons. The lowest BCUT2D eigenvalue weighted by Crippen LogP contribution is -2.21. The second-order valence-electron chi connectivity index (χ2n) is 5.90. The van der Waals surface area contributed by atoms with Crippen LogP contribution >= 0.6 is 0 Å². The fraction of sp³-hybridized carbons (Fsp3) is 0.200. The lowest BCUT2D eigenvalue weighted by Gasteiger charge is -2.10. The average Bonchev–Trinajstić information content (AvgIpc) is 2.90. The molecule has 0 bridgehead atoms. The zero-order chi connectivity index (χ0) is 17.8. The van der Waals surface area contributed by atoms with Crippen LogP contribution in [0.15, 0.2) is 54.6 Å². The molecule has 2 aromatic carbocycles. The molecule has 0 saturated heterocycles. The van der Waals surface area contributed by atoms with Crippen LogP contribution in [0.4, 0.5) is 5.69 Å². The summed E-state index contributed by atoms with van der Waals surface area (Å²) in [7, 11) is 0. The minimum Gasteiger partial charge on any atom is -0.483 e. The van der Waals surface area contributed by atoms with Gasteiger partial charge in [-0.15, -0.1) is 0 Å². The van der Waals surface area contributed by atoms with Crippen LogP contribution < -0.4 is 10.1 Å². The number of ether oxygens (including phenoxy) is 1. The molecule has 1 amide bonds. The third kappa shape index (κ3) is 3.71. The summed E-state index contributed by atoms with van der Waals surface area (Å²) >= 11 is 0. The van der Waals surface area contributed by atoms with Gasteiger partial charge >= 0.3 is 0 Å². The molecule has 0 unspecified atom stereocenters. The van der Waals surface area contributed by atoms with E-state index in [-0.39, 0.29) is 12.5 Å². The summed E-state index contributed by atoms with van der Waals surface area (Å²) in [6.45, 7) is 5.72. The number of rotatable bonds is 5. The van der Waals surface area contributed by atoms with Crippen molar-refractivity contribution in [3.05, 3.63) is 71.5 Å². The van der Waals surface area contributed by atoms with Gasteiger partial charge in [-0.1, -0.05) is 36.4 Å². The quantitative estimate of drug-likeness (QED) is 0.771. The molecular weight excluding hydrogens is 314 g/mol. The van der Waals surface area contributed by atoms with E-state index in [4.69, 9.17) is 4.74 Å². The third-order valence-electron chi connectivity index (χ3n) is 4.01. The van der Waals surface area contributed by atoms with Crippen molar-refractivity contribution in [1.82, 2.24) is 9.78 Å². The second kappa shape index (κ2) is 7.21. The Morgan fingerprint density at radius 3 is 2.44 bits per heavy atom. The van der Waals surface area contributed by atoms with Crippen molar-refractivity contribution < 1.29 is 9.53 Å². The Morgan fingerprint density at radius 1 is 1.04 bits per heavy atom. The summed E-state index contributed by atoms with van der Waals surface area (Å²) in [5, 5.41) is 7.44. The van der Waals surface area contributed by atoms with Gasteiger partial charge in [0.1, 0.15) is 5.75 Å². The van der Waals surface area contributed by atoms with E-state index >= 15 is 0 Å². The highest BCUT2D eigenvalue weighted by molar-refractivity contribution is 5.93. The number of nitrogens with zero attached hydrogens (tertiary/aromatic N) is 2. The Balaban J connectivity index is 1.72. The van der Waals surface area contributed by atoms with Crippen LogP contribution in [0.1, 0.15) is 17.0 Å². The van der Waals surface area contributed by atoms with Crippen LogP contribution in [0.2, 0.25) is 0 Å². The minimum absolute atomic E-state index is 0.0414. The monoisotopic (exact) mass is 335 g/mol. The first-order chi connectivity index (χ1) is 12.1. The first-order valence-electron chi connectivity index (χ1n) is 8.16. The van der Waals surface area contributed by atoms with Crippen molar-refractivity contribution in [3.63, 3.8) is 0 Å². The molecule has 0 atom stereocenters. The van der Waals surface area contributed by atoms with Gasteiger partial charge in [0.2, 0.25) is 0 Å².